The molecule has 5 heteroatoms. The van der Waals surface area contributed by atoms with Gasteiger partial charge in [0.1, 0.15) is 17.7 Å². The van der Waals surface area contributed by atoms with Crippen molar-refractivity contribution < 1.29 is 4.90 Å². The van der Waals surface area contributed by atoms with Crippen LogP contribution in [0.3, 0.4) is 0 Å². The monoisotopic (exact) mass is 321 g/mol. The first-order valence-corrected chi connectivity index (χ1v) is 8.43. The maximum atomic E-state index is 13.1. The van der Waals surface area contributed by atoms with Gasteiger partial charge in [-0.1, -0.05) is 12.1 Å². The van der Waals surface area contributed by atoms with Gasteiger partial charge in [0.2, 0.25) is 0 Å². The lowest BCUT2D eigenvalue weighted by molar-refractivity contribution is -0.898. The van der Waals surface area contributed by atoms with E-state index in [1.54, 1.807) is 10.8 Å². The first-order chi connectivity index (χ1) is 11.7. The van der Waals surface area contributed by atoms with E-state index in [4.69, 9.17) is 0 Å². The van der Waals surface area contributed by atoms with Crippen LogP contribution in [0.1, 0.15) is 30.3 Å². The van der Waals surface area contributed by atoms with E-state index in [0.717, 1.165) is 29.9 Å². The van der Waals surface area contributed by atoms with Crippen LogP contribution in [-0.4, -0.2) is 28.1 Å². The standard InChI is InChI=1S/C19H20N4O/c1-13-21-16-9-4-3-7-14(16)19(24)23(13)18-15(8-5-11-20-18)17-10-6-12-22(17)2/h3-5,7-9,11,17H,6,10,12H2,1-2H3/p+1/t17-/m0/s1. The number of quaternary nitrogens is 1. The molecule has 5 nitrogen and oxygen atoms in total. The third-order valence-electron chi connectivity index (χ3n) is 5.01. The fourth-order valence-corrected chi connectivity index (χ4v) is 3.79. The molecule has 1 aromatic carbocycles. The molecular formula is C19H21N4O+. The molecule has 1 unspecified atom stereocenters. The maximum Gasteiger partial charge on any atom is 0.267 e. The third kappa shape index (κ3) is 2.32. The Morgan fingerprint density at radius 3 is 2.83 bits per heavy atom. The molecule has 24 heavy (non-hydrogen) atoms. The summed E-state index contributed by atoms with van der Waals surface area (Å²) >= 11 is 0. The van der Waals surface area contributed by atoms with Gasteiger partial charge < -0.3 is 4.90 Å². The van der Waals surface area contributed by atoms with Crippen molar-refractivity contribution in [2.75, 3.05) is 13.6 Å². The average molecular weight is 321 g/mol. The number of fused-ring (bicyclic) bond motifs is 1. The maximum absolute atomic E-state index is 13.1. The molecule has 2 aromatic heterocycles. The minimum atomic E-state index is -0.0475. The van der Waals surface area contributed by atoms with Gasteiger partial charge >= 0.3 is 0 Å². The SMILES string of the molecule is Cc1nc2ccccc2c(=O)n1-c1ncccc1[C@@H]1CCC[NH+]1C. The number of rotatable bonds is 2. The van der Waals surface area contributed by atoms with E-state index >= 15 is 0 Å². The molecule has 1 fully saturated rings. The van der Waals surface area contributed by atoms with Crippen LogP contribution in [0.2, 0.25) is 0 Å². The molecule has 0 aliphatic carbocycles. The first kappa shape index (κ1) is 15.0. The highest BCUT2D eigenvalue weighted by atomic mass is 16.1. The van der Waals surface area contributed by atoms with Gasteiger partial charge in [0.05, 0.1) is 30.1 Å². The number of para-hydroxylation sites is 1. The Morgan fingerprint density at radius 2 is 2.04 bits per heavy atom. The Balaban J connectivity index is 1.98. The lowest BCUT2D eigenvalue weighted by Crippen LogP contribution is -3.07. The topological polar surface area (TPSA) is 52.2 Å². The van der Waals surface area contributed by atoms with Crippen molar-refractivity contribution in [3.8, 4) is 5.82 Å². The van der Waals surface area contributed by atoms with Gasteiger partial charge in [-0.15, -0.1) is 0 Å². The number of hydrogen-bond donors (Lipinski definition) is 1. The molecule has 2 atom stereocenters. The summed E-state index contributed by atoms with van der Waals surface area (Å²) in [6.07, 6.45) is 4.08. The Morgan fingerprint density at radius 1 is 1.21 bits per heavy atom. The number of aromatic nitrogens is 3. The fraction of sp³-hybridized carbons (Fsp3) is 0.316. The van der Waals surface area contributed by atoms with Gasteiger partial charge in [0, 0.05) is 19.0 Å². The average Bonchev–Trinajstić information content (AvgIpc) is 3.01. The predicted molar refractivity (Wildman–Crippen MR) is 93.6 cm³/mol. The summed E-state index contributed by atoms with van der Waals surface area (Å²) in [5.41, 5.74) is 1.82. The summed E-state index contributed by atoms with van der Waals surface area (Å²) in [6, 6.07) is 11.9. The Bertz CT molecular complexity index is 963. The van der Waals surface area contributed by atoms with E-state index in [2.05, 4.69) is 23.1 Å². The van der Waals surface area contributed by atoms with E-state index in [-0.39, 0.29) is 5.56 Å². The molecule has 1 saturated heterocycles. The first-order valence-electron chi connectivity index (χ1n) is 8.43. The van der Waals surface area contributed by atoms with Crippen LogP contribution in [0.5, 0.6) is 0 Å². The van der Waals surface area contributed by atoms with Crippen molar-refractivity contribution in [2.45, 2.75) is 25.8 Å². The number of pyridine rings is 1. The van der Waals surface area contributed by atoms with Gasteiger partial charge in [0.25, 0.3) is 5.56 Å². The van der Waals surface area contributed by atoms with Gasteiger partial charge in [-0.05, 0) is 31.2 Å². The number of likely N-dealkylation sites (tertiary alicyclic amines) is 1. The molecule has 0 amide bonds. The van der Waals surface area contributed by atoms with Crippen LogP contribution in [0.25, 0.3) is 16.7 Å². The summed E-state index contributed by atoms with van der Waals surface area (Å²) in [7, 11) is 2.21. The number of nitrogens with zero attached hydrogens (tertiary/aromatic N) is 3. The second kappa shape index (κ2) is 5.83. The molecule has 4 rings (SSSR count). The molecule has 0 spiro atoms. The zero-order chi connectivity index (χ0) is 16.7. The molecule has 1 N–H and O–H groups in total. The second-order valence-electron chi connectivity index (χ2n) is 6.52. The lowest BCUT2D eigenvalue weighted by atomic mass is 10.1. The molecule has 0 saturated carbocycles. The van der Waals surface area contributed by atoms with E-state index in [1.165, 1.54) is 11.3 Å². The summed E-state index contributed by atoms with van der Waals surface area (Å²) in [5.74, 6) is 1.40. The van der Waals surface area contributed by atoms with Gasteiger partial charge in [-0.3, -0.25) is 4.79 Å². The largest absolute Gasteiger partial charge is 0.331 e. The number of aryl methyl sites for hydroxylation is 1. The van der Waals surface area contributed by atoms with Gasteiger partial charge in [-0.2, -0.15) is 0 Å². The summed E-state index contributed by atoms with van der Waals surface area (Å²) in [5, 5.41) is 0.631. The summed E-state index contributed by atoms with van der Waals surface area (Å²) in [6.45, 7) is 3.03. The molecular weight excluding hydrogens is 300 g/mol. The quantitative estimate of drug-likeness (QED) is 0.777. The van der Waals surface area contributed by atoms with Crippen LogP contribution in [0, 0.1) is 6.92 Å². The minimum absolute atomic E-state index is 0.0475. The molecule has 1 aliphatic heterocycles. The summed E-state index contributed by atoms with van der Waals surface area (Å²) < 4.78 is 1.67. The smallest absolute Gasteiger partial charge is 0.267 e. The van der Waals surface area contributed by atoms with Gasteiger partial charge in [-0.25, -0.2) is 14.5 Å². The highest BCUT2D eigenvalue weighted by Crippen LogP contribution is 2.24. The van der Waals surface area contributed by atoms with Crippen molar-refractivity contribution in [2.24, 2.45) is 0 Å². The number of hydrogen-bond acceptors (Lipinski definition) is 3. The van der Waals surface area contributed by atoms with E-state index in [0.29, 0.717) is 17.3 Å². The van der Waals surface area contributed by atoms with E-state index in [9.17, 15) is 4.79 Å². The minimum Gasteiger partial charge on any atom is -0.331 e. The van der Waals surface area contributed by atoms with Crippen molar-refractivity contribution in [3.05, 3.63) is 64.3 Å². The van der Waals surface area contributed by atoms with Crippen LogP contribution >= 0.6 is 0 Å². The molecule has 122 valence electrons. The van der Waals surface area contributed by atoms with Crippen LogP contribution in [0.4, 0.5) is 0 Å². The van der Waals surface area contributed by atoms with Crippen molar-refractivity contribution in [1.82, 2.24) is 14.5 Å². The van der Waals surface area contributed by atoms with Crippen LogP contribution in [0.15, 0.2) is 47.4 Å². The van der Waals surface area contributed by atoms with Crippen molar-refractivity contribution >= 4 is 10.9 Å². The molecule has 3 aromatic rings. The normalized spacial score (nSPS) is 20.6. The number of benzene rings is 1. The molecule has 0 radical (unpaired) electrons. The third-order valence-corrected chi connectivity index (χ3v) is 5.01. The Kier molecular flexibility index (Phi) is 3.65. The highest BCUT2D eigenvalue weighted by molar-refractivity contribution is 5.77. The summed E-state index contributed by atoms with van der Waals surface area (Å²) in [4.78, 5) is 23.7. The van der Waals surface area contributed by atoms with Crippen molar-refractivity contribution in [1.29, 1.82) is 0 Å². The zero-order valence-electron chi connectivity index (χ0n) is 14.0. The lowest BCUT2D eigenvalue weighted by Gasteiger charge is -2.20. The van der Waals surface area contributed by atoms with Gasteiger partial charge in [0.15, 0.2) is 0 Å². The molecule has 3 heterocycles. The fourth-order valence-electron chi connectivity index (χ4n) is 3.79. The van der Waals surface area contributed by atoms with Crippen molar-refractivity contribution in [3.63, 3.8) is 0 Å². The Labute approximate surface area is 140 Å². The second-order valence-corrected chi connectivity index (χ2v) is 6.52. The van der Waals surface area contributed by atoms with Crippen LogP contribution in [-0.2, 0) is 0 Å². The zero-order valence-corrected chi connectivity index (χ0v) is 14.0. The molecule has 1 aliphatic rings. The van der Waals surface area contributed by atoms with E-state index in [1.807, 2.05) is 37.3 Å². The molecule has 0 bridgehead atoms. The highest BCUT2D eigenvalue weighted by Gasteiger charge is 2.30. The van der Waals surface area contributed by atoms with E-state index < -0.39 is 0 Å². The predicted octanol–water partition coefficient (Wildman–Crippen LogP) is 1.44. The number of nitrogens with one attached hydrogen (secondary N) is 1. The van der Waals surface area contributed by atoms with Crippen LogP contribution < -0.4 is 10.5 Å². The Hall–Kier alpha value is -2.53.